The van der Waals surface area contributed by atoms with E-state index in [1.807, 2.05) is 27.1 Å². The standard InChI is InChI=1S/C28H27F3N8O/c1-17-4-5-20(10-26(17)39-16-25(36-37-39)24-15-34-38(3)18(24)2)27(40)35-23-12-21(28(29,30)31)11-22(13-23)33-14-19-6-8-32-9-7-19/h4-13,15-16,33,36-37H,14H2,1-3H3,(H,35,40). The van der Waals surface area contributed by atoms with Gasteiger partial charge in [-0.25, -0.2) is 0 Å². The predicted octanol–water partition coefficient (Wildman–Crippen LogP) is 5.14. The number of carbonyl (C=O) groups excluding carboxylic acids is 1. The Labute approximate surface area is 228 Å². The molecule has 0 saturated carbocycles. The van der Waals surface area contributed by atoms with E-state index in [2.05, 4.69) is 31.7 Å². The minimum atomic E-state index is -4.59. The number of hydrazine groups is 2. The van der Waals surface area contributed by atoms with Crippen LogP contribution in [-0.2, 0) is 19.8 Å². The molecule has 3 heterocycles. The van der Waals surface area contributed by atoms with Crippen LogP contribution in [0.25, 0.3) is 5.70 Å². The van der Waals surface area contributed by atoms with Gasteiger partial charge < -0.3 is 16.1 Å². The van der Waals surface area contributed by atoms with E-state index >= 15 is 0 Å². The van der Waals surface area contributed by atoms with Crippen LogP contribution < -0.4 is 26.6 Å². The molecule has 1 amide bonds. The van der Waals surface area contributed by atoms with Crippen LogP contribution in [0.15, 0.2) is 73.3 Å². The summed E-state index contributed by atoms with van der Waals surface area (Å²) in [6.45, 7) is 4.15. The predicted molar refractivity (Wildman–Crippen MR) is 147 cm³/mol. The lowest BCUT2D eigenvalue weighted by Crippen LogP contribution is -2.36. The minimum Gasteiger partial charge on any atom is -0.381 e. The summed E-state index contributed by atoms with van der Waals surface area (Å²) < 4.78 is 42.7. The summed E-state index contributed by atoms with van der Waals surface area (Å²) in [7, 11) is 1.86. The maximum Gasteiger partial charge on any atom is 0.416 e. The molecule has 0 bridgehead atoms. The molecule has 9 nitrogen and oxygen atoms in total. The first-order valence-corrected chi connectivity index (χ1v) is 12.4. The summed E-state index contributed by atoms with van der Waals surface area (Å²) in [4.78, 5) is 17.1. The summed E-state index contributed by atoms with van der Waals surface area (Å²) in [6, 6.07) is 12.0. The van der Waals surface area contributed by atoms with Crippen LogP contribution in [0.1, 0.15) is 38.3 Å². The Morgan fingerprint density at radius 3 is 2.48 bits per heavy atom. The van der Waals surface area contributed by atoms with Gasteiger partial charge in [-0.3, -0.25) is 19.5 Å². The SMILES string of the molecule is Cc1ccc(C(=O)Nc2cc(NCc3ccncc3)cc(C(F)(F)F)c2)cc1N1C=C(c2cnn(C)c2C)NN1. The highest BCUT2D eigenvalue weighted by Gasteiger charge is 2.31. The lowest BCUT2D eigenvalue weighted by molar-refractivity contribution is -0.137. The van der Waals surface area contributed by atoms with E-state index in [1.54, 1.807) is 58.6 Å². The van der Waals surface area contributed by atoms with Crippen LogP contribution in [0.5, 0.6) is 0 Å². The largest absolute Gasteiger partial charge is 0.416 e. The minimum absolute atomic E-state index is 0.0226. The van der Waals surface area contributed by atoms with Gasteiger partial charge >= 0.3 is 6.18 Å². The number of pyridine rings is 1. The zero-order chi connectivity index (χ0) is 28.4. The third-order valence-corrected chi connectivity index (χ3v) is 6.59. The molecule has 0 spiro atoms. The number of nitrogens with zero attached hydrogens (tertiary/aromatic N) is 4. The summed E-state index contributed by atoms with van der Waals surface area (Å²) in [5, 5.41) is 11.6. The van der Waals surface area contributed by atoms with Crippen LogP contribution in [0.4, 0.5) is 30.2 Å². The molecule has 0 unspecified atom stereocenters. The molecule has 1 aliphatic heterocycles. The number of hydrogen-bond donors (Lipinski definition) is 4. The number of halogens is 3. The fourth-order valence-electron chi connectivity index (χ4n) is 4.23. The van der Waals surface area contributed by atoms with Crippen molar-refractivity contribution in [1.29, 1.82) is 0 Å². The van der Waals surface area contributed by atoms with Gasteiger partial charge in [0, 0.05) is 60.4 Å². The second-order valence-electron chi connectivity index (χ2n) is 9.38. The third kappa shape index (κ3) is 5.76. The molecule has 2 aromatic carbocycles. The van der Waals surface area contributed by atoms with Gasteiger partial charge in [-0.05, 0) is 67.4 Å². The van der Waals surface area contributed by atoms with E-state index in [0.29, 0.717) is 12.2 Å². The van der Waals surface area contributed by atoms with Crippen LogP contribution in [0.2, 0.25) is 0 Å². The van der Waals surface area contributed by atoms with Crippen molar-refractivity contribution >= 4 is 28.7 Å². The van der Waals surface area contributed by atoms with Crippen molar-refractivity contribution < 1.29 is 18.0 Å². The molecule has 2 aromatic heterocycles. The van der Waals surface area contributed by atoms with Crippen LogP contribution in [0.3, 0.4) is 0 Å². The average Bonchev–Trinajstić information content (AvgIpc) is 3.54. The highest BCUT2D eigenvalue weighted by Crippen LogP contribution is 2.34. The maximum atomic E-state index is 13.6. The third-order valence-electron chi connectivity index (χ3n) is 6.59. The maximum absolute atomic E-state index is 13.6. The Kier molecular flexibility index (Phi) is 7.18. The fourth-order valence-corrected chi connectivity index (χ4v) is 4.23. The molecule has 4 N–H and O–H groups in total. The van der Waals surface area contributed by atoms with Gasteiger partial charge in [0.15, 0.2) is 0 Å². The second-order valence-corrected chi connectivity index (χ2v) is 9.38. The first kappa shape index (κ1) is 26.8. The normalized spacial score (nSPS) is 13.2. The molecule has 5 rings (SSSR count). The molecule has 40 heavy (non-hydrogen) atoms. The summed E-state index contributed by atoms with van der Waals surface area (Å²) >= 11 is 0. The molecular formula is C28H27F3N8O. The Morgan fingerprint density at radius 1 is 1.02 bits per heavy atom. The van der Waals surface area contributed by atoms with Crippen molar-refractivity contribution in [3.63, 3.8) is 0 Å². The molecule has 12 heteroatoms. The van der Waals surface area contributed by atoms with E-state index in [4.69, 9.17) is 0 Å². The number of anilines is 3. The first-order valence-electron chi connectivity index (χ1n) is 12.4. The molecule has 206 valence electrons. The van der Waals surface area contributed by atoms with Crippen molar-refractivity contribution in [2.75, 3.05) is 15.6 Å². The summed E-state index contributed by atoms with van der Waals surface area (Å²) in [5.74, 6) is -0.542. The lowest BCUT2D eigenvalue weighted by atomic mass is 10.1. The Balaban J connectivity index is 1.37. The molecule has 0 saturated heterocycles. The van der Waals surface area contributed by atoms with Crippen LogP contribution in [-0.4, -0.2) is 20.7 Å². The molecule has 0 fully saturated rings. The monoisotopic (exact) mass is 548 g/mol. The second kappa shape index (κ2) is 10.7. The Morgan fingerprint density at radius 2 is 1.77 bits per heavy atom. The van der Waals surface area contributed by atoms with Gasteiger partial charge in [0.25, 0.3) is 5.91 Å². The molecule has 4 aromatic rings. The van der Waals surface area contributed by atoms with Gasteiger partial charge in [-0.15, -0.1) is 5.53 Å². The molecular weight excluding hydrogens is 521 g/mol. The van der Waals surface area contributed by atoms with Crippen molar-refractivity contribution in [2.24, 2.45) is 7.05 Å². The molecule has 0 aliphatic carbocycles. The molecule has 0 atom stereocenters. The number of rotatable bonds is 7. The smallest absolute Gasteiger partial charge is 0.381 e. The highest BCUT2D eigenvalue weighted by molar-refractivity contribution is 6.05. The van der Waals surface area contributed by atoms with Gasteiger partial charge in [0.05, 0.1) is 23.1 Å². The summed E-state index contributed by atoms with van der Waals surface area (Å²) in [5.41, 5.74) is 10.9. The van der Waals surface area contributed by atoms with Crippen molar-refractivity contribution in [2.45, 2.75) is 26.6 Å². The van der Waals surface area contributed by atoms with Crippen molar-refractivity contribution in [3.05, 3.63) is 107 Å². The van der Waals surface area contributed by atoms with Gasteiger partial charge in [0.2, 0.25) is 0 Å². The summed E-state index contributed by atoms with van der Waals surface area (Å²) in [6.07, 6.45) is 2.23. The number of nitrogens with one attached hydrogen (secondary N) is 4. The average molecular weight is 549 g/mol. The van der Waals surface area contributed by atoms with Crippen LogP contribution in [0, 0.1) is 13.8 Å². The van der Waals surface area contributed by atoms with Gasteiger partial charge in [-0.2, -0.15) is 18.3 Å². The molecule has 1 aliphatic rings. The first-order chi connectivity index (χ1) is 19.1. The van der Waals surface area contributed by atoms with Crippen molar-refractivity contribution in [1.82, 2.24) is 25.7 Å². The van der Waals surface area contributed by atoms with E-state index in [0.717, 1.165) is 40.2 Å². The number of alkyl halides is 3. The van der Waals surface area contributed by atoms with Crippen LogP contribution >= 0.6 is 0 Å². The number of hydrogen-bond acceptors (Lipinski definition) is 7. The zero-order valence-corrected chi connectivity index (χ0v) is 22.0. The van der Waals surface area contributed by atoms with Crippen molar-refractivity contribution in [3.8, 4) is 0 Å². The van der Waals surface area contributed by atoms with E-state index in [-0.39, 0.29) is 16.9 Å². The Hall–Kier alpha value is -4.84. The lowest BCUT2D eigenvalue weighted by Gasteiger charge is -2.19. The quantitative estimate of drug-likeness (QED) is 0.254. The zero-order valence-electron chi connectivity index (χ0n) is 22.0. The van der Waals surface area contributed by atoms with Gasteiger partial charge in [0.1, 0.15) is 0 Å². The topological polar surface area (TPSA) is 99.1 Å². The number of amides is 1. The number of carbonyl (C=O) groups is 1. The van der Waals surface area contributed by atoms with E-state index < -0.39 is 17.6 Å². The van der Waals surface area contributed by atoms with E-state index in [1.165, 1.54) is 6.07 Å². The molecule has 0 radical (unpaired) electrons. The van der Waals surface area contributed by atoms with Gasteiger partial charge in [-0.1, -0.05) is 6.07 Å². The highest BCUT2D eigenvalue weighted by atomic mass is 19.4. The number of benzene rings is 2. The van der Waals surface area contributed by atoms with E-state index in [9.17, 15) is 18.0 Å². The number of aromatic nitrogens is 3. The Bertz CT molecular complexity index is 1580. The number of aryl methyl sites for hydroxylation is 2. The fraction of sp³-hybridized carbons (Fsp3) is 0.179.